The van der Waals surface area contributed by atoms with E-state index in [9.17, 15) is 13.2 Å². The Morgan fingerprint density at radius 3 is 2.00 bits per heavy atom. The van der Waals surface area contributed by atoms with Crippen LogP contribution in [0.5, 0.6) is 5.75 Å². The third-order valence-electron chi connectivity index (χ3n) is 7.46. The van der Waals surface area contributed by atoms with Gasteiger partial charge in [0.2, 0.25) is 0 Å². The van der Waals surface area contributed by atoms with Crippen molar-refractivity contribution in [2.75, 3.05) is 13.2 Å². The Morgan fingerprint density at radius 2 is 1.39 bits per heavy atom. The van der Waals surface area contributed by atoms with Crippen LogP contribution in [0.3, 0.4) is 0 Å². The summed E-state index contributed by atoms with van der Waals surface area (Å²) in [5, 5.41) is -0.116. The summed E-state index contributed by atoms with van der Waals surface area (Å²) in [5.74, 6) is -4.03. The second-order valence-corrected chi connectivity index (χ2v) is 11.1. The van der Waals surface area contributed by atoms with Gasteiger partial charge >= 0.3 is 6.11 Å². The lowest BCUT2D eigenvalue weighted by Crippen LogP contribution is -2.27. The molecular formula is C34H29ClF6O3. The molecule has 1 saturated heterocycles. The molecule has 1 aliphatic rings. The molecule has 0 atom stereocenters. The molecule has 0 aliphatic carbocycles. The number of rotatable bonds is 10. The van der Waals surface area contributed by atoms with E-state index in [2.05, 4.69) is 6.92 Å². The van der Waals surface area contributed by atoms with Gasteiger partial charge in [0.25, 0.3) is 0 Å². The highest BCUT2D eigenvalue weighted by molar-refractivity contribution is 6.30. The number of ether oxygens (including phenoxy) is 3. The molecule has 0 aromatic heterocycles. The van der Waals surface area contributed by atoms with Gasteiger partial charge in [-0.2, -0.15) is 8.78 Å². The lowest BCUT2D eigenvalue weighted by Gasteiger charge is -2.30. The largest absolute Gasteiger partial charge is 0.429 e. The molecule has 0 bridgehead atoms. The molecule has 0 unspecified atom stereocenters. The van der Waals surface area contributed by atoms with E-state index in [-0.39, 0.29) is 38.8 Å². The molecule has 4 aromatic carbocycles. The predicted octanol–water partition coefficient (Wildman–Crippen LogP) is 10.6. The molecule has 1 heterocycles. The zero-order valence-corrected chi connectivity index (χ0v) is 24.5. The summed E-state index contributed by atoms with van der Waals surface area (Å²) in [7, 11) is 0. The van der Waals surface area contributed by atoms with Crippen LogP contribution in [-0.2, 0) is 15.6 Å². The molecule has 5 rings (SSSR count). The van der Waals surface area contributed by atoms with Crippen LogP contribution in [0.4, 0.5) is 26.3 Å². The number of hydrogen-bond acceptors (Lipinski definition) is 3. The van der Waals surface area contributed by atoms with E-state index < -0.39 is 47.0 Å². The summed E-state index contributed by atoms with van der Waals surface area (Å²) in [5.41, 5.74) is -0.487. The van der Waals surface area contributed by atoms with Crippen molar-refractivity contribution in [2.45, 2.75) is 45.0 Å². The quantitative estimate of drug-likeness (QED) is 0.128. The van der Waals surface area contributed by atoms with Crippen LogP contribution in [-0.4, -0.2) is 13.2 Å². The fraction of sp³-hybridized carbons (Fsp3) is 0.294. The highest BCUT2D eigenvalue weighted by Crippen LogP contribution is 2.38. The molecule has 44 heavy (non-hydrogen) atoms. The normalized spacial score (nSPS) is 17.1. The topological polar surface area (TPSA) is 27.7 Å². The Kier molecular flexibility index (Phi) is 9.87. The molecule has 4 aromatic rings. The Morgan fingerprint density at radius 1 is 0.750 bits per heavy atom. The lowest BCUT2D eigenvalue weighted by molar-refractivity contribution is -0.206. The van der Waals surface area contributed by atoms with Crippen molar-refractivity contribution in [3.05, 3.63) is 112 Å². The molecule has 1 aliphatic heterocycles. The van der Waals surface area contributed by atoms with Crippen LogP contribution in [0.2, 0.25) is 5.02 Å². The fourth-order valence-corrected chi connectivity index (χ4v) is 5.19. The highest BCUT2D eigenvalue weighted by atomic mass is 35.5. The maximum Gasteiger partial charge on any atom is 0.429 e. The first-order valence-corrected chi connectivity index (χ1v) is 14.6. The third-order valence-corrected chi connectivity index (χ3v) is 7.77. The first-order valence-electron chi connectivity index (χ1n) is 14.2. The van der Waals surface area contributed by atoms with E-state index in [1.165, 1.54) is 30.3 Å². The van der Waals surface area contributed by atoms with Crippen LogP contribution < -0.4 is 4.74 Å². The molecule has 3 nitrogen and oxygen atoms in total. The molecular weight excluding hydrogens is 606 g/mol. The van der Waals surface area contributed by atoms with Gasteiger partial charge < -0.3 is 14.2 Å². The smallest absolute Gasteiger partial charge is 0.429 e. The lowest BCUT2D eigenvalue weighted by atomic mass is 9.99. The molecule has 0 amide bonds. The van der Waals surface area contributed by atoms with E-state index in [0.29, 0.717) is 19.3 Å². The van der Waals surface area contributed by atoms with E-state index in [0.717, 1.165) is 62.1 Å². The van der Waals surface area contributed by atoms with Gasteiger partial charge in [-0.15, -0.1) is 0 Å². The van der Waals surface area contributed by atoms with E-state index in [4.69, 9.17) is 25.8 Å². The summed E-state index contributed by atoms with van der Waals surface area (Å²) >= 11 is 5.69. The van der Waals surface area contributed by atoms with Gasteiger partial charge in [0, 0.05) is 28.7 Å². The zero-order valence-electron chi connectivity index (χ0n) is 23.7. The number of hydrogen-bond donors (Lipinski definition) is 0. The van der Waals surface area contributed by atoms with Crippen molar-refractivity contribution in [2.24, 2.45) is 5.92 Å². The Hall–Kier alpha value is -3.53. The van der Waals surface area contributed by atoms with E-state index in [1.54, 1.807) is 0 Å². The third kappa shape index (κ3) is 7.22. The Labute approximate surface area is 256 Å². The van der Waals surface area contributed by atoms with Gasteiger partial charge in [-0.25, -0.2) is 17.6 Å². The van der Waals surface area contributed by atoms with Crippen LogP contribution >= 0.6 is 11.6 Å². The van der Waals surface area contributed by atoms with Crippen molar-refractivity contribution in [1.29, 1.82) is 0 Å². The average molecular weight is 635 g/mol. The van der Waals surface area contributed by atoms with E-state index in [1.807, 2.05) is 0 Å². The van der Waals surface area contributed by atoms with Gasteiger partial charge in [0.05, 0.1) is 23.8 Å². The first-order chi connectivity index (χ1) is 21.1. The summed E-state index contributed by atoms with van der Waals surface area (Å²) in [6.07, 6.45) is -0.786. The maximum atomic E-state index is 15.0. The second kappa shape index (κ2) is 13.6. The van der Waals surface area contributed by atoms with E-state index >= 15 is 13.2 Å². The van der Waals surface area contributed by atoms with Crippen molar-refractivity contribution in [1.82, 2.24) is 0 Å². The highest BCUT2D eigenvalue weighted by Gasteiger charge is 2.38. The van der Waals surface area contributed by atoms with Gasteiger partial charge in [0.15, 0.2) is 6.29 Å². The number of benzene rings is 4. The minimum Gasteiger partial charge on any atom is -0.429 e. The Balaban J connectivity index is 1.26. The number of alkyl halides is 2. The molecule has 232 valence electrons. The summed E-state index contributed by atoms with van der Waals surface area (Å²) in [4.78, 5) is 0. The standard InChI is InChI=1S/C34H29ClF6O3/c1-2-3-4-5-20-18-42-33(43-19-20)23-7-12-27(31(38)16-23)34(40,41)44-24-9-11-26(30(37)17-24)21-6-10-25(29(36)14-21)22-8-13-28(35)32(39)15-22/h6-17,20,33H,2-5,18-19H2,1H3. The molecule has 1 fully saturated rings. The monoisotopic (exact) mass is 634 g/mol. The zero-order chi connectivity index (χ0) is 31.4. The van der Waals surface area contributed by atoms with Crippen molar-refractivity contribution in [3.8, 4) is 28.0 Å². The summed E-state index contributed by atoms with van der Waals surface area (Å²) in [6.45, 7) is 2.97. The molecule has 0 radical (unpaired) electrons. The average Bonchev–Trinajstić information content (AvgIpc) is 2.99. The summed E-state index contributed by atoms with van der Waals surface area (Å²) < 4.78 is 105. The predicted molar refractivity (Wildman–Crippen MR) is 155 cm³/mol. The van der Waals surface area contributed by atoms with Crippen molar-refractivity contribution < 1.29 is 40.6 Å². The maximum absolute atomic E-state index is 15.0. The molecule has 10 heteroatoms. The van der Waals surface area contributed by atoms with Crippen LogP contribution in [0, 0.1) is 29.2 Å². The van der Waals surface area contributed by atoms with Crippen LogP contribution in [0.1, 0.15) is 50.0 Å². The van der Waals surface area contributed by atoms with Gasteiger partial charge in [-0.3, -0.25) is 0 Å². The van der Waals surface area contributed by atoms with Crippen LogP contribution in [0.15, 0.2) is 72.8 Å². The van der Waals surface area contributed by atoms with Crippen LogP contribution in [0.25, 0.3) is 22.3 Å². The van der Waals surface area contributed by atoms with Gasteiger partial charge in [-0.05, 0) is 60.0 Å². The summed E-state index contributed by atoms with van der Waals surface area (Å²) in [6, 6.07) is 13.6. The first kappa shape index (κ1) is 31.9. The Bertz CT molecular complexity index is 1620. The molecule has 0 saturated carbocycles. The fourth-order valence-electron chi connectivity index (χ4n) is 5.08. The SMILES string of the molecule is CCCCCC1COC(c2ccc(C(F)(F)Oc3ccc(-c4ccc(-c5ccc(Cl)c(F)c5)c(F)c4)c(F)c3)c(F)c2)OC1. The minimum absolute atomic E-state index is 0.0607. The number of unbranched alkanes of at least 4 members (excludes halogenated alkanes) is 2. The van der Waals surface area contributed by atoms with Gasteiger partial charge in [0.1, 0.15) is 29.0 Å². The number of halogens is 7. The second-order valence-electron chi connectivity index (χ2n) is 10.7. The molecule has 0 N–H and O–H groups in total. The molecule has 0 spiro atoms. The van der Waals surface area contributed by atoms with Gasteiger partial charge in [-0.1, -0.05) is 62.1 Å². The van der Waals surface area contributed by atoms with Crippen molar-refractivity contribution >= 4 is 11.6 Å². The van der Waals surface area contributed by atoms with Crippen molar-refractivity contribution in [3.63, 3.8) is 0 Å². The minimum atomic E-state index is -4.14.